The van der Waals surface area contributed by atoms with Gasteiger partial charge in [0.2, 0.25) is 0 Å². The van der Waals surface area contributed by atoms with Gasteiger partial charge in [-0.15, -0.1) is 0 Å². The lowest BCUT2D eigenvalue weighted by Crippen LogP contribution is -2.11. The van der Waals surface area contributed by atoms with Gasteiger partial charge in [-0.1, -0.05) is 12.1 Å². The Morgan fingerprint density at radius 2 is 2.19 bits per heavy atom. The molecule has 0 aliphatic heterocycles. The number of imidazole rings is 1. The fourth-order valence-corrected chi connectivity index (χ4v) is 2.06. The van der Waals surface area contributed by atoms with Gasteiger partial charge in [-0.25, -0.2) is 15.8 Å². The summed E-state index contributed by atoms with van der Waals surface area (Å²) in [5.41, 5.74) is 4.08. The van der Waals surface area contributed by atoms with E-state index in [1.165, 1.54) is 0 Å². The zero-order valence-electron chi connectivity index (χ0n) is 11.6. The predicted octanol–water partition coefficient (Wildman–Crippen LogP) is 2.16. The minimum absolute atomic E-state index is 0.539. The van der Waals surface area contributed by atoms with Crippen molar-refractivity contribution < 1.29 is 4.74 Å². The van der Waals surface area contributed by atoms with Crippen molar-refractivity contribution in [3.8, 4) is 5.75 Å². The Bertz CT molecular complexity index is 754. The number of fused-ring (bicyclic) bond motifs is 1. The predicted molar refractivity (Wildman–Crippen MR) is 81.7 cm³/mol. The molecule has 2 heterocycles. The van der Waals surface area contributed by atoms with Crippen molar-refractivity contribution in [2.45, 2.75) is 6.92 Å². The maximum Gasteiger partial charge on any atom is 0.180 e. The molecule has 0 aliphatic rings. The van der Waals surface area contributed by atoms with E-state index >= 15 is 0 Å². The molecule has 0 radical (unpaired) electrons. The first kappa shape index (κ1) is 13.2. The quantitative estimate of drug-likeness (QED) is 0.491. The molecule has 0 saturated carbocycles. The van der Waals surface area contributed by atoms with Gasteiger partial charge in [-0.3, -0.25) is 0 Å². The van der Waals surface area contributed by atoms with Crippen molar-refractivity contribution in [2.24, 2.45) is 5.84 Å². The Labute approximate surface area is 121 Å². The average Bonchev–Trinajstić information content (AvgIpc) is 2.98. The SMILES string of the molecule is CCOc1ccccc1Nc1nc(NN)cn2ccnc12. The van der Waals surface area contributed by atoms with Crippen LogP contribution >= 0.6 is 0 Å². The summed E-state index contributed by atoms with van der Waals surface area (Å²) in [6.07, 6.45) is 5.30. The first-order chi connectivity index (χ1) is 10.3. The smallest absolute Gasteiger partial charge is 0.180 e. The van der Waals surface area contributed by atoms with E-state index in [-0.39, 0.29) is 0 Å². The van der Waals surface area contributed by atoms with Gasteiger partial charge in [0, 0.05) is 12.4 Å². The second-order valence-electron chi connectivity index (χ2n) is 4.33. The molecular formula is C14H16N6O. The number of nitrogens with one attached hydrogen (secondary N) is 2. The molecule has 4 N–H and O–H groups in total. The number of nitrogen functional groups attached to an aromatic ring is 1. The Hall–Kier alpha value is -2.80. The average molecular weight is 284 g/mol. The van der Waals surface area contributed by atoms with Crippen molar-refractivity contribution >= 4 is 23.0 Å². The minimum Gasteiger partial charge on any atom is -0.492 e. The van der Waals surface area contributed by atoms with Crippen LogP contribution in [0.15, 0.2) is 42.9 Å². The summed E-state index contributed by atoms with van der Waals surface area (Å²) < 4.78 is 7.44. The molecule has 3 rings (SSSR count). The highest BCUT2D eigenvalue weighted by atomic mass is 16.5. The molecule has 0 spiro atoms. The zero-order valence-corrected chi connectivity index (χ0v) is 11.6. The van der Waals surface area contributed by atoms with Crippen molar-refractivity contribution in [3.63, 3.8) is 0 Å². The highest BCUT2D eigenvalue weighted by Crippen LogP contribution is 2.28. The highest BCUT2D eigenvalue weighted by molar-refractivity contribution is 5.74. The molecule has 0 atom stereocenters. The molecule has 0 saturated heterocycles. The number of nitrogens with two attached hydrogens (primary N) is 1. The van der Waals surface area contributed by atoms with E-state index in [2.05, 4.69) is 20.7 Å². The van der Waals surface area contributed by atoms with Gasteiger partial charge in [0.15, 0.2) is 17.3 Å². The van der Waals surface area contributed by atoms with Crippen LogP contribution < -0.4 is 21.3 Å². The van der Waals surface area contributed by atoms with Gasteiger partial charge >= 0.3 is 0 Å². The molecule has 0 amide bonds. The summed E-state index contributed by atoms with van der Waals surface area (Å²) in [4.78, 5) is 8.70. The largest absolute Gasteiger partial charge is 0.492 e. The number of ether oxygens (including phenoxy) is 1. The Kier molecular flexibility index (Phi) is 3.57. The number of benzene rings is 1. The topological polar surface area (TPSA) is 89.5 Å². The molecule has 7 heteroatoms. The third-order valence-electron chi connectivity index (χ3n) is 2.96. The van der Waals surface area contributed by atoms with Crippen molar-refractivity contribution in [1.29, 1.82) is 0 Å². The van der Waals surface area contributed by atoms with Crippen LogP contribution in [0.5, 0.6) is 5.75 Å². The van der Waals surface area contributed by atoms with Crippen LogP contribution in [0.2, 0.25) is 0 Å². The lowest BCUT2D eigenvalue weighted by atomic mass is 10.3. The van der Waals surface area contributed by atoms with E-state index < -0.39 is 0 Å². The van der Waals surface area contributed by atoms with Gasteiger partial charge in [0.1, 0.15) is 5.75 Å². The van der Waals surface area contributed by atoms with Crippen molar-refractivity contribution in [1.82, 2.24) is 14.4 Å². The van der Waals surface area contributed by atoms with Crippen molar-refractivity contribution in [3.05, 3.63) is 42.9 Å². The summed E-state index contributed by atoms with van der Waals surface area (Å²) >= 11 is 0. The molecule has 0 unspecified atom stereocenters. The number of rotatable bonds is 5. The Morgan fingerprint density at radius 3 is 3.00 bits per heavy atom. The third-order valence-corrected chi connectivity index (χ3v) is 2.96. The molecule has 7 nitrogen and oxygen atoms in total. The summed E-state index contributed by atoms with van der Waals surface area (Å²) in [6.45, 7) is 2.54. The number of para-hydroxylation sites is 2. The van der Waals surface area contributed by atoms with E-state index in [4.69, 9.17) is 10.6 Å². The summed E-state index contributed by atoms with van der Waals surface area (Å²) in [5, 5.41) is 3.25. The molecule has 2 aromatic heterocycles. The fraction of sp³-hybridized carbons (Fsp3) is 0.143. The van der Waals surface area contributed by atoms with Gasteiger partial charge in [-0.05, 0) is 19.1 Å². The summed E-state index contributed by atoms with van der Waals surface area (Å²) in [6, 6.07) is 7.68. The zero-order chi connectivity index (χ0) is 14.7. The maximum atomic E-state index is 5.60. The highest BCUT2D eigenvalue weighted by Gasteiger charge is 2.10. The van der Waals surface area contributed by atoms with Crippen LogP contribution in [0.1, 0.15) is 6.92 Å². The van der Waals surface area contributed by atoms with Crippen LogP contribution in [0.3, 0.4) is 0 Å². The second-order valence-corrected chi connectivity index (χ2v) is 4.33. The third kappa shape index (κ3) is 2.59. The normalized spacial score (nSPS) is 10.6. The molecule has 1 aromatic carbocycles. The first-order valence-corrected chi connectivity index (χ1v) is 6.61. The van der Waals surface area contributed by atoms with Crippen LogP contribution in [0, 0.1) is 0 Å². The molecule has 0 fully saturated rings. The number of aromatic nitrogens is 3. The second kappa shape index (κ2) is 5.68. The number of hydrazine groups is 1. The van der Waals surface area contributed by atoms with Gasteiger partial charge < -0.3 is 19.9 Å². The van der Waals surface area contributed by atoms with Crippen LogP contribution in [-0.2, 0) is 0 Å². The van der Waals surface area contributed by atoms with Gasteiger partial charge in [0.25, 0.3) is 0 Å². The standard InChI is InChI=1S/C14H16N6O/c1-2-21-11-6-4-3-5-10(11)17-13-14-16-7-8-20(14)9-12(18-13)19-15/h3-9,19H,2,15H2,1H3,(H,17,18). The molecule has 0 aliphatic carbocycles. The maximum absolute atomic E-state index is 5.60. The summed E-state index contributed by atoms with van der Waals surface area (Å²) in [5.74, 6) is 7.35. The Balaban J connectivity index is 2.03. The number of hydrogen-bond donors (Lipinski definition) is 3. The van der Waals surface area contributed by atoms with Crippen LogP contribution in [-0.4, -0.2) is 21.0 Å². The molecule has 108 valence electrons. The monoisotopic (exact) mass is 284 g/mol. The Morgan fingerprint density at radius 1 is 1.33 bits per heavy atom. The first-order valence-electron chi connectivity index (χ1n) is 6.61. The number of nitrogens with zero attached hydrogens (tertiary/aromatic N) is 3. The summed E-state index contributed by atoms with van der Waals surface area (Å²) in [7, 11) is 0. The molecular weight excluding hydrogens is 268 g/mol. The lowest BCUT2D eigenvalue weighted by Gasteiger charge is -2.13. The van der Waals surface area contributed by atoms with E-state index in [1.54, 1.807) is 12.4 Å². The fourth-order valence-electron chi connectivity index (χ4n) is 2.06. The number of anilines is 3. The van der Waals surface area contributed by atoms with Crippen LogP contribution in [0.25, 0.3) is 5.65 Å². The van der Waals surface area contributed by atoms with Crippen molar-refractivity contribution in [2.75, 3.05) is 17.3 Å². The van der Waals surface area contributed by atoms with E-state index in [0.29, 0.717) is 23.9 Å². The molecule has 3 aromatic rings. The molecule has 21 heavy (non-hydrogen) atoms. The van der Waals surface area contributed by atoms with Crippen LogP contribution in [0.4, 0.5) is 17.3 Å². The number of hydrogen-bond acceptors (Lipinski definition) is 6. The van der Waals surface area contributed by atoms with Gasteiger partial charge in [-0.2, -0.15) is 0 Å². The van der Waals surface area contributed by atoms with E-state index in [9.17, 15) is 0 Å². The molecule has 0 bridgehead atoms. The van der Waals surface area contributed by atoms with Gasteiger partial charge in [0.05, 0.1) is 18.5 Å². The minimum atomic E-state index is 0.539. The van der Waals surface area contributed by atoms with E-state index in [0.717, 1.165) is 11.4 Å². The lowest BCUT2D eigenvalue weighted by molar-refractivity contribution is 0.342. The van der Waals surface area contributed by atoms with E-state index in [1.807, 2.05) is 41.8 Å².